The third-order valence-electron chi connectivity index (χ3n) is 8.48. The number of carbonyl (C=O) groups is 1. The first-order valence-electron chi connectivity index (χ1n) is 15.2. The van der Waals surface area contributed by atoms with Crippen LogP contribution in [0, 0.1) is 6.92 Å². The number of ether oxygens (including phenoxy) is 2. The smallest absolute Gasteiger partial charge is 0.305 e. The van der Waals surface area contributed by atoms with Gasteiger partial charge in [0.15, 0.2) is 0 Å². The number of carbonyl (C=O) groups excluding carboxylic acids is 1. The van der Waals surface area contributed by atoms with Gasteiger partial charge in [0.1, 0.15) is 18.1 Å². The second kappa shape index (κ2) is 13.9. The Labute approximate surface area is 264 Å². The molecular weight excluding hydrogens is 599 g/mol. The number of benzene rings is 2. The van der Waals surface area contributed by atoms with Crippen LogP contribution in [0.5, 0.6) is 5.75 Å². The van der Waals surface area contributed by atoms with Gasteiger partial charge in [-0.15, -0.1) is 11.3 Å². The number of aromatic amines is 1. The molecule has 0 radical (unpaired) electrons. The lowest BCUT2D eigenvalue weighted by atomic mass is 9.89. The number of amides is 1. The summed E-state index contributed by atoms with van der Waals surface area (Å²) in [5.41, 5.74) is 2.96. The maximum atomic E-state index is 13.0. The summed E-state index contributed by atoms with van der Waals surface area (Å²) in [4.78, 5) is 36.1. The number of hydrogen-bond donors (Lipinski definition) is 3. The zero-order valence-corrected chi connectivity index (χ0v) is 26.6. The summed E-state index contributed by atoms with van der Waals surface area (Å²) >= 11 is 2.64. The van der Waals surface area contributed by atoms with E-state index in [4.69, 9.17) is 9.47 Å². The molecule has 4 heterocycles. The molecule has 0 aliphatic carbocycles. The molecule has 1 unspecified atom stereocenters. The van der Waals surface area contributed by atoms with E-state index in [0.29, 0.717) is 45.1 Å². The molecule has 3 N–H and O–H groups in total. The Morgan fingerprint density at radius 3 is 2.89 bits per heavy atom. The SMILES string of the molecule is Cc1nc(C(=O)N2CCOC3(CCN(CCOc4cccc(CCNCC(O)c5cccc6[nH]c(=O)sc56)c4)CC3)C2)cs1. The van der Waals surface area contributed by atoms with Gasteiger partial charge in [-0.05, 0) is 56.5 Å². The molecule has 2 aromatic carbocycles. The Balaban J connectivity index is 0.907. The maximum absolute atomic E-state index is 13.0. The van der Waals surface area contributed by atoms with Gasteiger partial charge in [0, 0.05) is 43.7 Å². The predicted octanol–water partition coefficient (Wildman–Crippen LogP) is 3.61. The van der Waals surface area contributed by atoms with E-state index in [2.05, 4.69) is 32.3 Å². The van der Waals surface area contributed by atoms with Crippen molar-refractivity contribution in [2.24, 2.45) is 0 Å². The Bertz CT molecular complexity index is 1630. The van der Waals surface area contributed by atoms with Gasteiger partial charge in [-0.3, -0.25) is 14.5 Å². The van der Waals surface area contributed by atoms with E-state index in [-0.39, 0.29) is 16.4 Å². The van der Waals surface area contributed by atoms with E-state index < -0.39 is 6.10 Å². The third kappa shape index (κ3) is 7.39. The van der Waals surface area contributed by atoms with Gasteiger partial charge in [-0.2, -0.15) is 0 Å². The molecule has 6 rings (SSSR count). The summed E-state index contributed by atoms with van der Waals surface area (Å²) in [6, 6.07) is 13.7. The topological polar surface area (TPSA) is 120 Å². The van der Waals surface area contributed by atoms with Crippen LogP contribution in [0.15, 0.2) is 52.6 Å². The molecule has 1 atom stereocenters. The Hall–Kier alpha value is -3.13. The summed E-state index contributed by atoms with van der Waals surface area (Å²) in [5.74, 6) is 0.862. The molecule has 1 spiro atoms. The highest BCUT2D eigenvalue weighted by Gasteiger charge is 2.41. The van der Waals surface area contributed by atoms with Gasteiger partial charge < -0.3 is 29.8 Å². The number of nitrogens with one attached hydrogen (secondary N) is 2. The molecular formula is C32H39N5O5S2. The van der Waals surface area contributed by atoms with Crippen LogP contribution in [-0.4, -0.2) is 95.4 Å². The molecule has 1 amide bonds. The van der Waals surface area contributed by atoms with Crippen molar-refractivity contribution < 1.29 is 19.4 Å². The number of piperidine rings is 1. The lowest BCUT2D eigenvalue weighted by Crippen LogP contribution is -2.58. The summed E-state index contributed by atoms with van der Waals surface area (Å²) < 4.78 is 13.2. The van der Waals surface area contributed by atoms with Crippen molar-refractivity contribution in [1.82, 2.24) is 25.1 Å². The van der Waals surface area contributed by atoms with Gasteiger partial charge in [0.2, 0.25) is 0 Å². The molecule has 12 heteroatoms. The number of likely N-dealkylation sites (tertiary alicyclic amines) is 1. The number of nitrogens with zero attached hydrogens (tertiary/aromatic N) is 3. The number of H-pyrrole nitrogens is 1. The van der Waals surface area contributed by atoms with Crippen LogP contribution in [0.25, 0.3) is 10.2 Å². The Morgan fingerprint density at radius 1 is 1.23 bits per heavy atom. The van der Waals surface area contributed by atoms with Gasteiger partial charge in [-0.1, -0.05) is 35.6 Å². The molecule has 44 heavy (non-hydrogen) atoms. The molecule has 4 aromatic rings. The van der Waals surface area contributed by atoms with Crippen molar-refractivity contribution >= 4 is 38.8 Å². The van der Waals surface area contributed by atoms with Crippen molar-refractivity contribution in [3.05, 3.63) is 79.3 Å². The lowest BCUT2D eigenvalue weighted by molar-refractivity contribution is -0.127. The first-order valence-corrected chi connectivity index (χ1v) is 16.9. The number of hydrogen-bond acceptors (Lipinski definition) is 10. The van der Waals surface area contributed by atoms with Crippen LogP contribution < -0.4 is 14.9 Å². The summed E-state index contributed by atoms with van der Waals surface area (Å²) in [6.45, 7) is 8.11. The van der Waals surface area contributed by atoms with Crippen molar-refractivity contribution in [1.29, 1.82) is 0 Å². The minimum atomic E-state index is -0.691. The highest BCUT2D eigenvalue weighted by atomic mass is 32.1. The fourth-order valence-corrected chi connectivity index (χ4v) is 7.54. The van der Waals surface area contributed by atoms with Crippen LogP contribution in [0.3, 0.4) is 0 Å². The standard InChI is InChI=1S/C32H39N5O5S2/c1-22-34-27(20-43-22)30(39)37-15-17-42-32(21-37)9-12-36(13-10-32)14-16-41-24-5-2-4-23(18-24)8-11-33-19-28(38)25-6-3-7-26-29(25)44-31(40)35-26/h2-7,18,20,28,33,38H,8-17,19,21H2,1H3,(H,35,40). The zero-order valence-electron chi connectivity index (χ0n) is 24.9. The zero-order chi connectivity index (χ0) is 30.5. The number of morpholine rings is 1. The van der Waals surface area contributed by atoms with E-state index >= 15 is 0 Å². The summed E-state index contributed by atoms with van der Waals surface area (Å²) in [6.07, 6.45) is 1.90. The van der Waals surface area contributed by atoms with Crippen molar-refractivity contribution in [2.45, 2.75) is 37.9 Å². The molecule has 10 nitrogen and oxygen atoms in total. The molecule has 2 saturated heterocycles. The fraction of sp³-hybridized carbons (Fsp3) is 0.469. The van der Waals surface area contributed by atoms with E-state index in [9.17, 15) is 14.7 Å². The number of rotatable bonds is 11. The van der Waals surface area contributed by atoms with Crippen molar-refractivity contribution in [2.75, 3.05) is 59.0 Å². The molecule has 0 saturated carbocycles. The number of aryl methyl sites for hydroxylation is 1. The largest absolute Gasteiger partial charge is 0.492 e. The highest BCUT2D eigenvalue weighted by Crippen LogP contribution is 2.31. The van der Waals surface area contributed by atoms with E-state index in [1.165, 1.54) is 11.3 Å². The normalized spacial score (nSPS) is 17.7. The van der Waals surface area contributed by atoms with Crippen LogP contribution in [0.4, 0.5) is 0 Å². The molecule has 2 aliphatic heterocycles. The highest BCUT2D eigenvalue weighted by molar-refractivity contribution is 7.16. The predicted molar refractivity (Wildman–Crippen MR) is 173 cm³/mol. The number of thiazole rings is 2. The summed E-state index contributed by atoms with van der Waals surface area (Å²) in [7, 11) is 0. The quantitative estimate of drug-likeness (QED) is 0.214. The Kier molecular flexibility index (Phi) is 9.74. The van der Waals surface area contributed by atoms with Gasteiger partial charge in [0.25, 0.3) is 5.91 Å². The van der Waals surface area contributed by atoms with Crippen LogP contribution in [0.2, 0.25) is 0 Å². The first kappa shape index (κ1) is 30.9. The monoisotopic (exact) mass is 637 g/mol. The van der Waals surface area contributed by atoms with E-state index in [0.717, 1.165) is 82.3 Å². The minimum absolute atomic E-state index is 0.00852. The lowest BCUT2D eigenvalue weighted by Gasteiger charge is -2.47. The third-order valence-corrected chi connectivity index (χ3v) is 10.2. The van der Waals surface area contributed by atoms with Crippen molar-refractivity contribution in [3.8, 4) is 5.75 Å². The minimum Gasteiger partial charge on any atom is -0.492 e. The van der Waals surface area contributed by atoms with E-state index in [1.54, 1.807) is 0 Å². The fourth-order valence-electron chi connectivity index (χ4n) is 6.05. The molecule has 234 valence electrons. The number of aliphatic hydroxyl groups excluding tert-OH is 1. The molecule has 0 bridgehead atoms. The van der Waals surface area contributed by atoms with Gasteiger partial charge in [0.05, 0.1) is 40.1 Å². The van der Waals surface area contributed by atoms with E-state index in [1.807, 2.05) is 47.5 Å². The Morgan fingerprint density at radius 2 is 2.07 bits per heavy atom. The second-order valence-electron chi connectivity index (χ2n) is 11.6. The average Bonchev–Trinajstić information content (AvgIpc) is 3.64. The number of aromatic nitrogens is 2. The second-order valence-corrected chi connectivity index (χ2v) is 13.6. The van der Waals surface area contributed by atoms with Crippen LogP contribution >= 0.6 is 22.7 Å². The number of fused-ring (bicyclic) bond motifs is 1. The van der Waals surface area contributed by atoms with Gasteiger partial charge in [-0.25, -0.2) is 4.98 Å². The molecule has 2 aromatic heterocycles. The number of aliphatic hydroxyl groups is 1. The average molecular weight is 638 g/mol. The van der Waals surface area contributed by atoms with Crippen LogP contribution in [0.1, 0.15) is 45.6 Å². The van der Waals surface area contributed by atoms with Crippen LogP contribution in [-0.2, 0) is 11.2 Å². The van der Waals surface area contributed by atoms with Crippen molar-refractivity contribution in [3.63, 3.8) is 0 Å². The van der Waals surface area contributed by atoms with Gasteiger partial charge >= 0.3 is 4.87 Å². The first-order chi connectivity index (χ1) is 21.4. The molecule has 2 aliphatic rings. The maximum Gasteiger partial charge on any atom is 0.305 e. The summed E-state index contributed by atoms with van der Waals surface area (Å²) in [5, 5.41) is 16.8. The molecule has 2 fully saturated rings.